The number of benzene rings is 2. The quantitative estimate of drug-likeness (QED) is 0.624. The largest absolute Gasteiger partial charge is 0.457 e. The minimum atomic E-state index is -3.64. The number of thiophene rings is 1. The number of anilines is 1. The fourth-order valence-electron chi connectivity index (χ4n) is 3.15. The van der Waals surface area contributed by atoms with Crippen LogP contribution in [0.4, 0.5) is 5.69 Å². The van der Waals surface area contributed by atoms with E-state index < -0.39 is 15.9 Å². The van der Waals surface area contributed by atoms with Gasteiger partial charge in [-0.05, 0) is 60.7 Å². The minimum absolute atomic E-state index is 0.0749. The molecule has 2 aromatic carbocycles. The number of hydrogen-bond donors (Lipinski definition) is 1. The third-order valence-corrected chi connectivity index (χ3v) is 7.59. The van der Waals surface area contributed by atoms with Crippen molar-refractivity contribution in [2.75, 3.05) is 18.4 Å². The van der Waals surface area contributed by atoms with Gasteiger partial charge < -0.3 is 10.1 Å². The Labute approximate surface area is 173 Å². The summed E-state index contributed by atoms with van der Waals surface area (Å²) in [5.41, 5.74) is 0.563. The summed E-state index contributed by atoms with van der Waals surface area (Å²) in [6, 6.07) is 17.8. The number of para-hydroxylation sites is 1. The van der Waals surface area contributed by atoms with E-state index in [0.29, 0.717) is 24.5 Å². The Morgan fingerprint density at radius 1 is 0.931 bits per heavy atom. The number of rotatable bonds is 6. The third-order valence-electron chi connectivity index (χ3n) is 4.61. The van der Waals surface area contributed by atoms with Gasteiger partial charge in [0.25, 0.3) is 5.91 Å². The summed E-state index contributed by atoms with van der Waals surface area (Å²) < 4.78 is 32.8. The second-order valence-corrected chi connectivity index (χ2v) is 9.44. The maximum Gasteiger partial charge on any atom is 0.267 e. The molecule has 2 heterocycles. The lowest BCUT2D eigenvalue weighted by molar-refractivity contribution is 0.102. The van der Waals surface area contributed by atoms with Crippen LogP contribution in [0, 0.1) is 0 Å². The van der Waals surface area contributed by atoms with E-state index in [2.05, 4.69) is 5.32 Å². The number of sulfonamides is 1. The SMILES string of the molecule is O=C(Nc1ccc(Oc2ccccc2)cc1)c1sccc1S(=O)(=O)N1CCCC1. The number of hydrogen-bond acceptors (Lipinski definition) is 5. The molecule has 1 fully saturated rings. The minimum Gasteiger partial charge on any atom is -0.457 e. The smallest absolute Gasteiger partial charge is 0.267 e. The van der Waals surface area contributed by atoms with E-state index in [1.54, 1.807) is 29.6 Å². The van der Waals surface area contributed by atoms with E-state index >= 15 is 0 Å². The molecular weight excluding hydrogens is 408 g/mol. The average molecular weight is 429 g/mol. The monoisotopic (exact) mass is 428 g/mol. The number of ether oxygens (including phenoxy) is 1. The normalized spacial score (nSPS) is 14.6. The Bertz CT molecular complexity index is 1090. The summed E-state index contributed by atoms with van der Waals surface area (Å²) in [4.78, 5) is 13.0. The van der Waals surface area contributed by atoms with Gasteiger partial charge in [-0.2, -0.15) is 4.31 Å². The first-order valence-corrected chi connectivity index (χ1v) is 11.6. The Hall–Kier alpha value is -2.68. The first-order valence-electron chi connectivity index (χ1n) is 9.26. The standard InChI is InChI=1S/C21H20N2O4S2/c24-21(20-19(12-15-28-20)29(25,26)23-13-4-5-14-23)22-16-8-10-18(11-9-16)27-17-6-2-1-3-7-17/h1-3,6-12,15H,4-5,13-14H2,(H,22,24). The van der Waals surface area contributed by atoms with E-state index in [9.17, 15) is 13.2 Å². The molecule has 0 unspecified atom stereocenters. The maximum atomic E-state index is 12.8. The first-order chi connectivity index (χ1) is 14.0. The van der Waals surface area contributed by atoms with Gasteiger partial charge in [0.2, 0.25) is 10.0 Å². The molecule has 0 bridgehead atoms. The number of nitrogens with zero attached hydrogens (tertiary/aromatic N) is 1. The number of nitrogens with one attached hydrogen (secondary N) is 1. The summed E-state index contributed by atoms with van der Waals surface area (Å²) in [5.74, 6) is 0.928. The maximum absolute atomic E-state index is 12.8. The van der Waals surface area contributed by atoms with Gasteiger partial charge in [0, 0.05) is 18.8 Å². The van der Waals surface area contributed by atoms with Crippen molar-refractivity contribution >= 4 is 33.0 Å². The summed E-state index contributed by atoms with van der Waals surface area (Å²) in [6.45, 7) is 1.00. The van der Waals surface area contributed by atoms with Crippen LogP contribution in [0.5, 0.6) is 11.5 Å². The molecule has 29 heavy (non-hydrogen) atoms. The second-order valence-electron chi connectivity index (χ2n) is 6.62. The van der Waals surface area contributed by atoms with Crippen LogP contribution >= 0.6 is 11.3 Å². The van der Waals surface area contributed by atoms with Crippen LogP contribution in [-0.4, -0.2) is 31.7 Å². The predicted octanol–water partition coefficient (Wildman–Crippen LogP) is 4.58. The Kier molecular flexibility index (Phi) is 5.66. The van der Waals surface area contributed by atoms with Gasteiger partial charge in [-0.1, -0.05) is 18.2 Å². The molecule has 1 N–H and O–H groups in total. The first kappa shape index (κ1) is 19.6. The molecule has 0 saturated carbocycles. The Balaban J connectivity index is 1.47. The van der Waals surface area contributed by atoms with Crippen molar-refractivity contribution in [2.45, 2.75) is 17.7 Å². The highest BCUT2D eigenvalue weighted by Gasteiger charge is 2.31. The van der Waals surface area contributed by atoms with E-state index in [-0.39, 0.29) is 9.77 Å². The van der Waals surface area contributed by atoms with Crippen molar-refractivity contribution in [2.24, 2.45) is 0 Å². The van der Waals surface area contributed by atoms with Gasteiger partial charge in [-0.25, -0.2) is 8.42 Å². The van der Waals surface area contributed by atoms with Gasteiger partial charge in [0.15, 0.2) is 0 Å². The van der Waals surface area contributed by atoms with Crippen molar-refractivity contribution < 1.29 is 17.9 Å². The van der Waals surface area contributed by atoms with Crippen molar-refractivity contribution in [1.82, 2.24) is 4.31 Å². The summed E-state index contributed by atoms with van der Waals surface area (Å²) >= 11 is 1.12. The van der Waals surface area contributed by atoms with E-state index in [0.717, 1.165) is 29.9 Å². The molecule has 3 aromatic rings. The summed E-state index contributed by atoms with van der Waals surface area (Å²) in [6.07, 6.45) is 1.70. The van der Waals surface area contributed by atoms with Crippen LogP contribution in [0.1, 0.15) is 22.5 Å². The van der Waals surface area contributed by atoms with Gasteiger partial charge in [0.05, 0.1) is 0 Å². The van der Waals surface area contributed by atoms with Crippen LogP contribution in [0.2, 0.25) is 0 Å². The lowest BCUT2D eigenvalue weighted by atomic mass is 10.3. The molecule has 1 aliphatic rings. The van der Waals surface area contributed by atoms with E-state index in [1.165, 1.54) is 10.4 Å². The molecule has 1 aliphatic heterocycles. The topological polar surface area (TPSA) is 75.7 Å². The molecule has 4 rings (SSSR count). The Morgan fingerprint density at radius 3 is 2.28 bits per heavy atom. The molecule has 0 aliphatic carbocycles. The lowest BCUT2D eigenvalue weighted by Gasteiger charge is -2.15. The molecular formula is C21H20N2O4S2. The van der Waals surface area contributed by atoms with Crippen molar-refractivity contribution in [3.63, 3.8) is 0 Å². The lowest BCUT2D eigenvalue weighted by Crippen LogP contribution is -2.29. The van der Waals surface area contributed by atoms with Crippen molar-refractivity contribution in [3.05, 3.63) is 70.9 Å². The molecule has 1 aromatic heterocycles. The van der Waals surface area contributed by atoms with E-state index in [1.807, 2.05) is 30.3 Å². The molecule has 0 radical (unpaired) electrons. The van der Waals surface area contributed by atoms with Gasteiger partial charge in [-0.15, -0.1) is 11.3 Å². The third kappa shape index (κ3) is 4.34. The van der Waals surface area contributed by atoms with Crippen molar-refractivity contribution in [1.29, 1.82) is 0 Å². The number of carbonyl (C=O) groups excluding carboxylic acids is 1. The van der Waals surface area contributed by atoms with Crippen LogP contribution in [0.3, 0.4) is 0 Å². The zero-order chi connectivity index (χ0) is 20.3. The summed E-state index contributed by atoms with van der Waals surface area (Å²) in [5, 5.41) is 4.41. The second kappa shape index (κ2) is 8.36. The predicted molar refractivity (Wildman–Crippen MR) is 113 cm³/mol. The van der Waals surface area contributed by atoms with Crippen LogP contribution in [0.15, 0.2) is 70.9 Å². The average Bonchev–Trinajstić information content (AvgIpc) is 3.43. The fourth-order valence-corrected chi connectivity index (χ4v) is 5.97. The van der Waals surface area contributed by atoms with Gasteiger partial charge in [0.1, 0.15) is 21.3 Å². The molecule has 0 spiro atoms. The molecule has 6 nitrogen and oxygen atoms in total. The molecule has 150 valence electrons. The van der Waals surface area contributed by atoms with Crippen LogP contribution in [0.25, 0.3) is 0 Å². The Morgan fingerprint density at radius 2 is 1.59 bits per heavy atom. The molecule has 0 atom stereocenters. The zero-order valence-corrected chi connectivity index (χ0v) is 17.2. The fraction of sp³-hybridized carbons (Fsp3) is 0.190. The van der Waals surface area contributed by atoms with Crippen LogP contribution in [-0.2, 0) is 10.0 Å². The highest BCUT2D eigenvalue weighted by molar-refractivity contribution is 7.89. The van der Waals surface area contributed by atoms with Crippen LogP contribution < -0.4 is 10.1 Å². The van der Waals surface area contributed by atoms with Crippen molar-refractivity contribution in [3.8, 4) is 11.5 Å². The summed E-state index contributed by atoms with van der Waals surface area (Å²) in [7, 11) is -3.64. The number of amides is 1. The molecule has 8 heteroatoms. The highest BCUT2D eigenvalue weighted by atomic mass is 32.2. The highest BCUT2D eigenvalue weighted by Crippen LogP contribution is 2.29. The van der Waals surface area contributed by atoms with Gasteiger partial charge >= 0.3 is 0 Å². The van der Waals surface area contributed by atoms with E-state index in [4.69, 9.17) is 4.74 Å². The zero-order valence-electron chi connectivity index (χ0n) is 15.6. The molecule has 1 amide bonds. The molecule has 1 saturated heterocycles. The number of carbonyl (C=O) groups is 1. The van der Waals surface area contributed by atoms with Gasteiger partial charge in [-0.3, -0.25) is 4.79 Å².